The third kappa shape index (κ3) is 4.70. The Morgan fingerprint density at radius 3 is 2.25 bits per heavy atom. The number of aromatic nitrogens is 2. The summed E-state index contributed by atoms with van der Waals surface area (Å²) in [4.78, 5) is 5.05. The first-order valence-electron chi connectivity index (χ1n) is 11.0. The molecule has 0 aliphatic rings. The Morgan fingerprint density at radius 1 is 0.906 bits per heavy atom. The van der Waals surface area contributed by atoms with E-state index in [-0.39, 0.29) is 4.90 Å². The molecule has 1 heterocycles. The molecule has 5 nitrogen and oxygen atoms in total. The minimum atomic E-state index is -3.61. The molecule has 32 heavy (non-hydrogen) atoms. The number of benzene rings is 3. The molecular formula is C26H29N3O2S. The van der Waals surface area contributed by atoms with Gasteiger partial charge in [-0.1, -0.05) is 50.2 Å². The zero-order valence-electron chi connectivity index (χ0n) is 18.7. The number of anilines is 1. The highest BCUT2D eigenvalue weighted by atomic mass is 32.2. The van der Waals surface area contributed by atoms with Crippen molar-refractivity contribution in [1.82, 2.24) is 9.55 Å². The van der Waals surface area contributed by atoms with Crippen molar-refractivity contribution in [3.05, 3.63) is 89.7 Å². The number of rotatable bonds is 8. The molecule has 0 radical (unpaired) electrons. The zero-order valence-corrected chi connectivity index (χ0v) is 19.6. The van der Waals surface area contributed by atoms with Crippen molar-refractivity contribution in [2.45, 2.75) is 51.0 Å². The second-order valence-corrected chi connectivity index (χ2v) is 9.97. The molecule has 1 N–H and O–H groups in total. The summed E-state index contributed by atoms with van der Waals surface area (Å²) in [6, 6.07) is 22.8. The molecule has 0 fully saturated rings. The molecular weight excluding hydrogens is 418 g/mol. The second-order valence-electron chi connectivity index (χ2n) is 8.29. The molecule has 4 rings (SSSR count). The van der Waals surface area contributed by atoms with Crippen molar-refractivity contribution in [2.75, 3.05) is 4.72 Å². The average Bonchev–Trinajstić information content (AvgIpc) is 3.16. The lowest BCUT2D eigenvalue weighted by Gasteiger charge is -2.11. The number of imidazole rings is 1. The number of hydrogen-bond donors (Lipinski definition) is 1. The Hall–Kier alpha value is -3.12. The predicted octanol–water partition coefficient (Wildman–Crippen LogP) is 5.77. The lowest BCUT2D eigenvalue weighted by molar-refractivity contribution is 0.601. The van der Waals surface area contributed by atoms with E-state index in [2.05, 4.69) is 36.1 Å². The second kappa shape index (κ2) is 9.17. The van der Waals surface area contributed by atoms with Gasteiger partial charge in [-0.05, 0) is 66.8 Å². The van der Waals surface area contributed by atoms with Crippen molar-refractivity contribution in [2.24, 2.45) is 0 Å². The summed E-state index contributed by atoms with van der Waals surface area (Å²) in [5.74, 6) is 1.43. The molecule has 0 atom stereocenters. The minimum absolute atomic E-state index is 0.268. The van der Waals surface area contributed by atoms with Crippen LogP contribution in [0.15, 0.2) is 77.7 Å². The lowest BCUT2D eigenvalue weighted by Crippen LogP contribution is -2.13. The largest absolute Gasteiger partial charge is 0.328 e. The lowest BCUT2D eigenvalue weighted by atomic mass is 10.0. The number of nitrogens with zero attached hydrogens (tertiary/aromatic N) is 2. The number of aryl methyl sites for hydroxylation is 3. The predicted molar refractivity (Wildman–Crippen MR) is 131 cm³/mol. The fraction of sp³-hybridized carbons (Fsp3) is 0.269. The summed E-state index contributed by atoms with van der Waals surface area (Å²) < 4.78 is 30.4. The van der Waals surface area contributed by atoms with Crippen LogP contribution in [0.5, 0.6) is 0 Å². The molecule has 0 aliphatic carbocycles. The van der Waals surface area contributed by atoms with Gasteiger partial charge in [0.15, 0.2) is 0 Å². The number of sulfonamides is 1. The molecule has 0 saturated heterocycles. The van der Waals surface area contributed by atoms with Crippen LogP contribution in [0.4, 0.5) is 5.69 Å². The van der Waals surface area contributed by atoms with Crippen molar-refractivity contribution in [3.8, 4) is 0 Å². The van der Waals surface area contributed by atoms with Crippen molar-refractivity contribution >= 4 is 26.7 Å². The monoisotopic (exact) mass is 447 g/mol. The van der Waals surface area contributed by atoms with Crippen LogP contribution < -0.4 is 4.72 Å². The van der Waals surface area contributed by atoms with Gasteiger partial charge in [-0.3, -0.25) is 4.72 Å². The van der Waals surface area contributed by atoms with Crippen LogP contribution >= 0.6 is 0 Å². The van der Waals surface area contributed by atoms with Crippen LogP contribution in [-0.2, 0) is 29.4 Å². The van der Waals surface area contributed by atoms with E-state index in [9.17, 15) is 8.42 Å². The topological polar surface area (TPSA) is 64.0 Å². The SMILES string of the molecule is CCn1c(CCc2ccc(NS(=O)(=O)c3ccc(C(C)C)cc3)cc2)nc2ccccc21. The van der Waals surface area contributed by atoms with Gasteiger partial charge in [0, 0.05) is 18.7 Å². The van der Waals surface area contributed by atoms with Gasteiger partial charge in [0.1, 0.15) is 5.82 Å². The van der Waals surface area contributed by atoms with Crippen LogP contribution in [0, 0.1) is 0 Å². The molecule has 0 aliphatic heterocycles. The van der Waals surface area contributed by atoms with Crippen LogP contribution in [-0.4, -0.2) is 18.0 Å². The van der Waals surface area contributed by atoms with Gasteiger partial charge in [0.2, 0.25) is 0 Å². The summed E-state index contributed by atoms with van der Waals surface area (Å²) in [5.41, 5.74) is 5.00. The Labute approximate surface area is 190 Å². The highest BCUT2D eigenvalue weighted by molar-refractivity contribution is 7.92. The maximum absolute atomic E-state index is 12.7. The van der Waals surface area contributed by atoms with Gasteiger partial charge in [-0.2, -0.15) is 0 Å². The summed E-state index contributed by atoms with van der Waals surface area (Å²) in [6.07, 6.45) is 1.67. The molecule has 0 amide bonds. The van der Waals surface area contributed by atoms with Gasteiger partial charge in [-0.25, -0.2) is 13.4 Å². The highest BCUT2D eigenvalue weighted by Crippen LogP contribution is 2.21. The first kappa shape index (κ1) is 22.1. The standard InChI is InChI=1S/C26H29N3O2S/c1-4-29-25-8-6-5-7-24(25)27-26(29)18-11-20-9-14-22(15-10-20)28-32(30,31)23-16-12-21(13-17-23)19(2)3/h5-10,12-17,19,28H,4,11,18H2,1-3H3. The number of para-hydroxylation sites is 2. The smallest absolute Gasteiger partial charge is 0.261 e. The molecule has 6 heteroatoms. The molecule has 0 unspecified atom stereocenters. The summed E-state index contributed by atoms with van der Waals surface area (Å²) in [6.45, 7) is 7.19. The van der Waals surface area contributed by atoms with E-state index < -0.39 is 10.0 Å². The maximum atomic E-state index is 12.7. The van der Waals surface area contributed by atoms with E-state index >= 15 is 0 Å². The summed E-state index contributed by atoms with van der Waals surface area (Å²) >= 11 is 0. The van der Waals surface area contributed by atoms with Gasteiger partial charge in [0.05, 0.1) is 15.9 Å². The molecule has 1 aromatic heterocycles. The Kier molecular flexibility index (Phi) is 6.33. The minimum Gasteiger partial charge on any atom is -0.328 e. The van der Waals surface area contributed by atoms with E-state index in [1.807, 2.05) is 54.6 Å². The van der Waals surface area contributed by atoms with E-state index in [1.54, 1.807) is 12.1 Å². The Bertz CT molecular complexity index is 1310. The van der Waals surface area contributed by atoms with Gasteiger partial charge in [0.25, 0.3) is 10.0 Å². The Morgan fingerprint density at radius 2 is 1.59 bits per heavy atom. The molecule has 0 bridgehead atoms. The van der Waals surface area contributed by atoms with Crippen molar-refractivity contribution in [1.29, 1.82) is 0 Å². The quantitative estimate of drug-likeness (QED) is 0.373. The zero-order chi connectivity index (χ0) is 22.7. The summed E-state index contributed by atoms with van der Waals surface area (Å²) in [5, 5.41) is 0. The van der Waals surface area contributed by atoms with Crippen LogP contribution in [0.1, 0.15) is 43.6 Å². The molecule has 0 spiro atoms. The molecule has 166 valence electrons. The molecule has 4 aromatic rings. The number of hydrogen-bond acceptors (Lipinski definition) is 3. The van der Waals surface area contributed by atoms with E-state index in [4.69, 9.17) is 4.98 Å². The summed E-state index contributed by atoms with van der Waals surface area (Å²) in [7, 11) is -3.61. The molecule has 3 aromatic carbocycles. The van der Waals surface area contributed by atoms with Crippen LogP contribution in [0.3, 0.4) is 0 Å². The normalized spacial score (nSPS) is 11.9. The highest BCUT2D eigenvalue weighted by Gasteiger charge is 2.15. The van der Waals surface area contributed by atoms with E-state index in [0.29, 0.717) is 11.6 Å². The van der Waals surface area contributed by atoms with Crippen molar-refractivity contribution in [3.63, 3.8) is 0 Å². The number of nitrogens with one attached hydrogen (secondary N) is 1. The fourth-order valence-electron chi connectivity index (χ4n) is 3.91. The van der Waals surface area contributed by atoms with Gasteiger partial charge in [-0.15, -0.1) is 0 Å². The number of fused-ring (bicyclic) bond motifs is 1. The van der Waals surface area contributed by atoms with E-state index in [0.717, 1.165) is 47.4 Å². The van der Waals surface area contributed by atoms with Crippen molar-refractivity contribution < 1.29 is 8.42 Å². The maximum Gasteiger partial charge on any atom is 0.261 e. The van der Waals surface area contributed by atoms with Crippen LogP contribution in [0.25, 0.3) is 11.0 Å². The Balaban J connectivity index is 1.43. The third-order valence-electron chi connectivity index (χ3n) is 5.75. The van der Waals surface area contributed by atoms with Gasteiger partial charge >= 0.3 is 0 Å². The van der Waals surface area contributed by atoms with E-state index in [1.165, 1.54) is 0 Å². The fourth-order valence-corrected chi connectivity index (χ4v) is 4.97. The first-order valence-corrected chi connectivity index (χ1v) is 12.5. The average molecular weight is 448 g/mol. The molecule has 0 saturated carbocycles. The van der Waals surface area contributed by atoms with Crippen LogP contribution in [0.2, 0.25) is 0 Å². The van der Waals surface area contributed by atoms with Gasteiger partial charge < -0.3 is 4.57 Å². The third-order valence-corrected chi connectivity index (χ3v) is 7.15. The first-order chi connectivity index (χ1) is 15.4.